The lowest BCUT2D eigenvalue weighted by molar-refractivity contribution is -0.136. The molecule has 24 heavy (non-hydrogen) atoms. The van der Waals surface area contributed by atoms with E-state index in [9.17, 15) is 4.79 Å². The average molecular weight is 352 g/mol. The summed E-state index contributed by atoms with van der Waals surface area (Å²) < 4.78 is 5.50. The van der Waals surface area contributed by atoms with Crippen LogP contribution in [0.3, 0.4) is 0 Å². The van der Waals surface area contributed by atoms with Crippen LogP contribution in [-0.2, 0) is 9.53 Å². The van der Waals surface area contributed by atoms with Gasteiger partial charge >= 0.3 is 0 Å². The van der Waals surface area contributed by atoms with Crippen molar-refractivity contribution >= 4 is 17.2 Å². The maximum atomic E-state index is 12.9. The van der Waals surface area contributed by atoms with Gasteiger partial charge in [0.15, 0.2) is 0 Å². The molecule has 0 bridgehead atoms. The van der Waals surface area contributed by atoms with Crippen LogP contribution in [0.15, 0.2) is 17.5 Å². The summed E-state index contributed by atoms with van der Waals surface area (Å²) >= 11 is 1.78. The van der Waals surface area contributed by atoms with Crippen LogP contribution in [0.5, 0.6) is 0 Å². The lowest BCUT2D eigenvalue weighted by atomic mass is 9.92. The van der Waals surface area contributed by atoms with Gasteiger partial charge in [-0.3, -0.25) is 9.69 Å². The molecule has 6 heteroatoms. The van der Waals surface area contributed by atoms with Crippen molar-refractivity contribution in [3.63, 3.8) is 0 Å². The second-order valence-corrected chi connectivity index (χ2v) is 7.95. The third kappa shape index (κ3) is 4.36. The number of amides is 1. The van der Waals surface area contributed by atoms with Gasteiger partial charge < -0.3 is 15.0 Å². The van der Waals surface area contributed by atoms with Gasteiger partial charge in [0.05, 0.1) is 19.3 Å². The molecular weight excluding hydrogens is 322 g/mol. The quantitative estimate of drug-likeness (QED) is 0.881. The van der Waals surface area contributed by atoms with Crippen molar-refractivity contribution in [2.75, 3.05) is 46.4 Å². The maximum absolute atomic E-state index is 12.9. The van der Waals surface area contributed by atoms with E-state index in [-0.39, 0.29) is 12.0 Å². The number of rotatable bonds is 5. The van der Waals surface area contributed by atoms with E-state index in [0.717, 1.165) is 52.2 Å². The number of piperidine rings is 1. The molecule has 0 spiro atoms. The number of carbonyl (C=O) groups is 1. The molecule has 2 aliphatic rings. The zero-order valence-corrected chi connectivity index (χ0v) is 15.6. The Bertz CT molecular complexity index is 516. The van der Waals surface area contributed by atoms with E-state index in [0.29, 0.717) is 11.9 Å². The van der Waals surface area contributed by atoms with Gasteiger partial charge in [0.1, 0.15) is 0 Å². The van der Waals surface area contributed by atoms with Gasteiger partial charge in [-0.1, -0.05) is 6.07 Å². The number of carbonyl (C=O) groups excluding carboxylic acids is 1. The Hall–Kier alpha value is -0.950. The van der Waals surface area contributed by atoms with Gasteiger partial charge in [0.25, 0.3) is 0 Å². The number of ether oxygens (including phenoxy) is 1. The van der Waals surface area contributed by atoms with E-state index in [1.807, 2.05) is 11.9 Å². The fourth-order valence-corrected chi connectivity index (χ4v) is 4.62. The molecule has 134 valence electrons. The summed E-state index contributed by atoms with van der Waals surface area (Å²) in [6, 6.07) is 5.01. The van der Waals surface area contributed by atoms with E-state index in [2.05, 4.69) is 34.7 Å². The second kappa shape index (κ2) is 8.43. The van der Waals surface area contributed by atoms with Gasteiger partial charge in [-0.25, -0.2) is 0 Å². The highest BCUT2D eigenvalue weighted by molar-refractivity contribution is 7.10. The number of nitrogens with zero attached hydrogens (tertiary/aromatic N) is 2. The zero-order chi connectivity index (χ0) is 16.9. The van der Waals surface area contributed by atoms with Crippen LogP contribution < -0.4 is 5.32 Å². The van der Waals surface area contributed by atoms with Gasteiger partial charge in [-0.15, -0.1) is 11.3 Å². The molecule has 1 unspecified atom stereocenters. The summed E-state index contributed by atoms with van der Waals surface area (Å²) in [5, 5.41) is 5.55. The molecule has 3 rings (SSSR count). The maximum Gasteiger partial charge on any atom is 0.225 e. The number of hydrogen-bond acceptors (Lipinski definition) is 5. The number of hydrogen-bond donors (Lipinski definition) is 1. The summed E-state index contributed by atoms with van der Waals surface area (Å²) in [5.41, 5.74) is 0. The minimum Gasteiger partial charge on any atom is -0.379 e. The van der Waals surface area contributed by atoms with Crippen LogP contribution in [0.4, 0.5) is 0 Å². The van der Waals surface area contributed by atoms with Crippen LogP contribution >= 0.6 is 11.3 Å². The van der Waals surface area contributed by atoms with Crippen molar-refractivity contribution < 1.29 is 9.53 Å². The lowest BCUT2D eigenvalue weighted by Crippen LogP contribution is -2.47. The van der Waals surface area contributed by atoms with Crippen LogP contribution in [0.25, 0.3) is 0 Å². The van der Waals surface area contributed by atoms with E-state index < -0.39 is 0 Å². The molecule has 0 aliphatic carbocycles. The Balaban J connectivity index is 1.66. The molecule has 0 aromatic carbocycles. The number of likely N-dealkylation sites (N-methyl/N-ethyl adjacent to an activating group) is 1. The zero-order valence-electron chi connectivity index (χ0n) is 14.7. The first-order valence-electron chi connectivity index (χ1n) is 8.98. The highest BCUT2D eigenvalue weighted by Gasteiger charge is 2.30. The first kappa shape index (κ1) is 17.9. The smallest absolute Gasteiger partial charge is 0.225 e. The van der Waals surface area contributed by atoms with Crippen molar-refractivity contribution in [3.05, 3.63) is 22.4 Å². The van der Waals surface area contributed by atoms with Crippen LogP contribution in [-0.4, -0.2) is 68.2 Å². The monoisotopic (exact) mass is 351 g/mol. The summed E-state index contributed by atoms with van der Waals surface area (Å²) in [5.74, 6) is 0.470. The van der Waals surface area contributed by atoms with Crippen molar-refractivity contribution in [2.45, 2.75) is 31.8 Å². The fraction of sp³-hybridized carbons (Fsp3) is 0.722. The van der Waals surface area contributed by atoms with E-state index in [1.165, 1.54) is 4.88 Å². The molecule has 0 saturated carbocycles. The topological polar surface area (TPSA) is 44.8 Å². The predicted octanol–water partition coefficient (Wildman–Crippen LogP) is 1.97. The minimum atomic E-state index is 0.167. The molecular formula is C18H29N3O2S. The summed E-state index contributed by atoms with van der Waals surface area (Å²) in [7, 11) is 1.97. The number of nitrogens with one attached hydrogen (secondary N) is 1. The molecule has 1 amide bonds. The summed E-state index contributed by atoms with van der Waals surface area (Å²) in [4.78, 5) is 18.7. The van der Waals surface area contributed by atoms with Gasteiger partial charge in [0, 0.05) is 43.5 Å². The van der Waals surface area contributed by atoms with E-state index in [4.69, 9.17) is 4.74 Å². The lowest BCUT2D eigenvalue weighted by Gasteiger charge is -2.37. The standard InChI is InChI=1S/C18H29N3O2S/c1-14-12-15(5-6-19-14)18(22)20(2)13-16(17-4-3-11-24-17)21-7-9-23-10-8-21/h3-4,11,14-16,19H,5-10,12-13H2,1-2H3/t14-,15-,16?/m0/s1. The van der Waals surface area contributed by atoms with Crippen LogP contribution in [0.2, 0.25) is 0 Å². The molecule has 2 aliphatic heterocycles. The molecule has 3 atom stereocenters. The van der Waals surface area contributed by atoms with Gasteiger partial charge in [0.2, 0.25) is 5.91 Å². The number of thiophene rings is 1. The Morgan fingerprint density at radius 2 is 2.29 bits per heavy atom. The molecule has 1 N–H and O–H groups in total. The third-order valence-corrected chi connectivity index (χ3v) is 6.13. The Morgan fingerprint density at radius 1 is 1.50 bits per heavy atom. The Labute approximate surface area is 149 Å². The van der Waals surface area contributed by atoms with Crippen molar-refractivity contribution in [1.29, 1.82) is 0 Å². The van der Waals surface area contributed by atoms with Crippen LogP contribution in [0.1, 0.15) is 30.7 Å². The molecule has 2 saturated heterocycles. The fourth-order valence-electron chi connectivity index (χ4n) is 3.77. The molecule has 0 radical (unpaired) electrons. The highest BCUT2D eigenvalue weighted by atomic mass is 32.1. The Kier molecular flexibility index (Phi) is 6.27. The third-order valence-electron chi connectivity index (χ3n) is 5.15. The second-order valence-electron chi connectivity index (χ2n) is 6.97. The molecule has 3 heterocycles. The number of morpholine rings is 1. The van der Waals surface area contributed by atoms with Crippen molar-refractivity contribution in [2.24, 2.45) is 5.92 Å². The molecule has 1 aromatic rings. The van der Waals surface area contributed by atoms with Gasteiger partial charge in [-0.2, -0.15) is 0 Å². The molecule has 2 fully saturated rings. The predicted molar refractivity (Wildman–Crippen MR) is 97.3 cm³/mol. The highest BCUT2D eigenvalue weighted by Crippen LogP contribution is 2.28. The summed E-state index contributed by atoms with van der Waals surface area (Å²) in [6.07, 6.45) is 1.90. The van der Waals surface area contributed by atoms with E-state index >= 15 is 0 Å². The average Bonchev–Trinajstić information content (AvgIpc) is 3.14. The normalized spacial score (nSPS) is 26.9. The van der Waals surface area contributed by atoms with E-state index in [1.54, 1.807) is 11.3 Å². The molecule has 5 nitrogen and oxygen atoms in total. The van der Waals surface area contributed by atoms with Crippen molar-refractivity contribution in [3.8, 4) is 0 Å². The molecule has 1 aromatic heterocycles. The largest absolute Gasteiger partial charge is 0.379 e. The van der Waals surface area contributed by atoms with Crippen molar-refractivity contribution in [1.82, 2.24) is 15.1 Å². The SMILES string of the molecule is C[C@H]1C[C@@H](C(=O)N(C)CC(c2cccs2)N2CCOCC2)CCN1. The first-order valence-corrected chi connectivity index (χ1v) is 9.86. The Morgan fingerprint density at radius 3 is 2.96 bits per heavy atom. The van der Waals surface area contributed by atoms with Gasteiger partial charge in [-0.05, 0) is 37.8 Å². The van der Waals surface area contributed by atoms with Crippen LogP contribution in [0, 0.1) is 5.92 Å². The minimum absolute atomic E-state index is 0.167. The summed E-state index contributed by atoms with van der Waals surface area (Å²) in [6.45, 7) is 7.32. The first-order chi connectivity index (χ1) is 11.6.